The number of benzene rings is 2. The molecule has 0 atom stereocenters. The first-order chi connectivity index (χ1) is 12.0. The summed E-state index contributed by atoms with van der Waals surface area (Å²) in [5.41, 5.74) is 2.06. The molecule has 0 aliphatic heterocycles. The SMILES string of the molecule is COc1cccc(OCC(=O)Nc2ccc3nc(C(C)C)oc3c2)c1. The fourth-order valence-electron chi connectivity index (χ4n) is 2.30. The van der Waals surface area contributed by atoms with Crippen LogP contribution in [0.15, 0.2) is 46.9 Å². The van der Waals surface area contributed by atoms with Gasteiger partial charge in [0, 0.05) is 23.7 Å². The van der Waals surface area contributed by atoms with Crippen molar-refractivity contribution in [1.82, 2.24) is 4.98 Å². The number of hydrogen-bond donors (Lipinski definition) is 1. The largest absolute Gasteiger partial charge is 0.497 e. The molecule has 0 spiro atoms. The zero-order chi connectivity index (χ0) is 17.8. The molecule has 0 aliphatic rings. The molecule has 0 aliphatic carbocycles. The van der Waals surface area contributed by atoms with E-state index in [9.17, 15) is 4.79 Å². The first-order valence-electron chi connectivity index (χ1n) is 8.02. The molecule has 0 saturated carbocycles. The lowest BCUT2D eigenvalue weighted by atomic mass is 10.2. The lowest BCUT2D eigenvalue weighted by molar-refractivity contribution is -0.118. The number of anilines is 1. The summed E-state index contributed by atoms with van der Waals surface area (Å²) in [6.45, 7) is 3.94. The zero-order valence-electron chi connectivity index (χ0n) is 14.4. The molecule has 0 saturated heterocycles. The average Bonchev–Trinajstić information content (AvgIpc) is 3.04. The minimum absolute atomic E-state index is 0.0984. The molecule has 25 heavy (non-hydrogen) atoms. The molecule has 0 unspecified atom stereocenters. The maximum Gasteiger partial charge on any atom is 0.262 e. The van der Waals surface area contributed by atoms with E-state index in [1.165, 1.54) is 0 Å². The highest BCUT2D eigenvalue weighted by atomic mass is 16.5. The third-order valence-corrected chi connectivity index (χ3v) is 3.59. The predicted molar refractivity (Wildman–Crippen MR) is 95.2 cm³/mol. The van der Waals surface area contributed by atoms with Crippen LogP contribution in [-0.4, -0.2) is 24.6 Å². The highest BCUT2D eigenvalue weighted by Gasteiger charge is 2.11. The van der Waals surface area contributed by atoms with Gasteiger partial charge in [0.25, 0.3) is 5.91 Å². The molecule has 6 nitrogen and oxygen atoms in total. The average molecular weight is 340 g/mol. The quantitative estimate of drug-likeness (QED) is 0.735. The normalized spacial score (nSPS) is 10.9. The van der Waals surface area contributed by atoms with Crippen LogP contribution >= 0.6 is 0 Å². The molecule has 0 bridgehead atoms. The summed E-state index contributed by atoms with van der Waals surface area (Å²) in [4.78, 5) is 16.5. The van der Waals surface area contributed by atoms with E-state index in [1.807, 2.05) is 26.0 Å². The lowest BCUT2D eigenvalue weighted by Crippen LogP contribution is -2.20. The van der Waals surface area contributed by atoms with Crippen molar-refractivity contribution < 1.29 is 18.7 Å². The third kappa shape index (κ3) is 4.09. The van der Waals surface area contributed by atoms with Crippen LogP contribution < -0.4 is 14.8 Å². The molecule has 130 valence electrons. The van der Waals surface area contributed by atoms with Gasteiger partial charge < -0.3 is 19.2 Å². The Kier molecular flexibility index (Phi) is 4.88. The predicted octanol–water partition coefficient (Wildman–Crippen LogP) is 3.98. The van der Waals surface area contributed by atoms with Crippen LogP contribution in [0.25, 0.3) is 11.1 Å². The van der Waals surface area contributed by atoms with E-state index >= 15 is 0 Å². The fraction of sp³-hybridized carbons (Fsp3) is 0.263. The summed E-state index contributed by atoms with van der Waals surface area (Å²) in [5.74, 6) is 1.88. The Morgan fingerprint density at radius 2 is 2.00 bits per heavy atom. The molecule has 0 fully saturated rings. The number of methoxy groups -OCH3 is 1. The van der Waals surface area contributed by atoms with E-state index < -0.39 is 0 Å². The monoisotopic (exact) mass is 340 g/mol. The number of aromatic nitrogens is 1. The van der Waals surface area contributed by atoms with Crippen molar-refractivity contribution in [2.75, 3.05) is 19.0 Å². The van der Waals surface area contributed by atoms with Crippen LogP contribution in [0.5, 0.6) is 11.5 Å². The number of nitrogens with one attached hydrogen (secondary N) is 1. The second kappa shape index (κ2) is 7.25. The van der Waals surface area contributed by atoms with Crippen molar-refractivity contribution in [3.63, 3.8) is 0 Å². The van der Waals surface area contributed by atoms with Crippen LogP contribution in [0, 0.1) is 0 Å². The highest BCUT2D eigenvalue weighted by Crippen LogP contribution is 2.24. The molecule has 3 rings (SSSR count). The van der Waals surface area contributed by atoms with E-state index in [1.54, 1.807) is 37.4 Å². The Balaban J connectivity index is 1.63. The van der Waals surface area contributed by atoms with Gasteiger partial charge in [0.2, 0.25) is 0 Å². The van der Waals surface area contributed by atoms with E-state index in [-0.39, 0.29) is 18.4 Å². The van der Waals surface area contributed by atoms with E-state index in [2.05, 4.69) is 10.3 Å². The summed E-state index contributed by atoms with van der Waals surface area (Å²) >= 11 is 0. The molecule has 0 radical (unpaired) electrons. The first kappa shape index (κ1) is 16.8. The number of hydrogen-bond acceptors (Lipinski definition) is 5. The van der Waals surface area contributed by atoms with E-state index in [0.717, 1.165) is 5.52 Å². The Morgan fingerprint density at radius 1 is 1.20 bits per heavy atom. The van der Waals surface area contributed by atoms with E-state index in [0.29, 0.717) is 28.7 Å². The van der Waals surface area contributed by atoms with Crippen LogP contribution in [0.1, 0.15) is 25.7 Å². The summed E-state index contributed by atoms with van der Waals surface area (Å²) in [7, 11) is 1.58. The van der Waals surface area contributed by atoms with Gasteiger partial charge >= 0.3 is 0 Å². The summed E-state index contributed by atoms with van der Waals surface area (Å²) < 4.78 is 16.3. The van der Waals surface area contributed by atoms with Crippen molar-refractivity contribution in [3.05, 3.63) is 48.4 Å². The van der Waals surface area contributed by atoms with Gasteiger partial charge in [-0.25, -0.2) is 4.98 Å². The van der Waals surface area contributed by atoms with Crippen molar-refractivity contribution in [2.24, 2.45) is 0 Å². The Morgan fingerprint density at radius 3 is 2.76 bits per heavy atom. The number of ether oxygens (including phenoxy) is 2. The van der Waals surface area contributed by atoms with Crippen molar-refractivity contribution in [3.8, 4) is 11.5 Å². The van der Waals surface area contributed by atoms with Crippen molar-refractivity contribution in [2.45, 2.75) is 19.8 Å². The number of amides is 1. The Hall–Kier alpha value is -3.02. The minimum Gasteiger partial charge on any atom is -0.497 e. The maximum atomic E-state index is 12.1. The minimum atomic E-state index is -0.259. The Bertz CT molecular complexity index is 886. The number of carbonyl (C=O) groups excluding carboxylic acids is 1. The molecular weight excluding hydrogens is 320 g/mol. The van der Waals surface area contributed by atoms with Crippen LogP contribution in [0.4, 0.5) is 5.69 Å². The highest BCUT2D eigenvalue weighted by molar-refractivity contribution is 5.93. The van der Waals surface area contributed by atoms with Gasteiger partial charge in [-0.2, -0.15) is 0 Å². The number of rotatable bonds is 6. The van der Waals surface area contributed by atoms with Crippen LogP contribution in [0.2, 0.25) is 0 Å². The van der Waals surface area contributed by atoms with Crippen molar-refractivity contribution in [1.29, 1.82) is 0 Å². The van der Waals surface area contributed by atoms with Gasteiger partial charge in [-0.1, -0.05) is 19.9 Å². The molecule has 1 amide bonds. The van der Waals surface area contributed by atoms with Crippen LogP contribution in [-0.2, 0) is 4.79 Å². The van der Waals surface area contributed by atoms with Gasteiger partial charge in [0.05, 0.1) is 7.11 Å². The smallest absolute Gasteiger partial charge is 0.262 e. The number of fused-ring (bicyclic) bond motifs is 1. The molecular formula is C19H20N2O4. The second-order valence-corrected chi connectivity index (χ2v) is 5.91. The molecule has 1 N–H and O–H groups in total. The van der Waals surface area contributed by atoms with Crippen LogP contribution in [0.3, 0.4) is 0 Å². The lowest BCUT2D eigenvalue weighted by Gasteiger charge is -2.08. The second-order valence-electron chi connectivity index (χ2n) is 5.91. The number of oxazole rings is 1. The first-order valence-corrected chi connectivity index (χ1v) is 8.02. The standard InChI is InChI=1S/C19H20N2O4/c1-12(2)19-21-16-8-7-13(9-17(16)25-19)20-18(22)11-24-15-6-4-5-14(10-15)23-3/h4-10,12H,11H2,1-3H3,(H,20,22). The van der Waals surface area contributed by atoms with Gasteiger partial charge in [-0.15, -0.1) is 0 Å². The summed E-state index contributed by atoms with van der Waals surface area (Å²) in [5, 5.41) is 2.79. The molecule has 2 aromatic carbocycles. The third-order valence-electron chi connectivity index (χ3n) is 3.59. The van der Waals surface area contributed by atoms with Gasteiger partial charge in [0.15, 0.2) is 18.1 Å². The van der Waals surface area contributed by atoms with E-state index in [4.69, 9.17) is 13.9 Å². The topological polar surface area (TPSA) is 73.6 Å². The summed E-state index contributed by atoms with van der Waals surface area (Å²) in [6, 6.07) is 12.5. The zero-order valence-corrected chi connectivity index (χ0v) is 14.4. The number of nitrogens with zero attached hydrogens (tertiary/aromatic N) is 1. The molecule has 3 aromatic rings. The van der Waals surface area contributed by atoms with Crippen molar-refractivity contribution >= 4 is 22.7 Å². The molecule has 1 aromatic heterocycles. The maximum absolute atomic E-state index is 12.1. The fourth-order valence-corrected chi connectivity index (χ4v) is 2.30. The Labute approximate surface area is 145 Å². The van der Waals surface area contributed by atoms with Gasteiger partial charge in [0.1, 0.15) is 17.0 Å². The molecule has 1 heterocycles. The van der Waals surface area contributed by atoms with Gasteiger partial charge in [-0.3, -0.25) is 4.79 Å². The summed E-state index contributed by atoms with van der Waals surface area (Å²) in [6.07, 6.45) is 0. The molecule has 6 heteroatoms. The number of carbonyl (C=O) groups is 1. The van der Waals surface area contributed by atoms with Gasteiger partial charge in [-0.05, 0) is 24.3 Å².